The molecule has 28 heavy (non-hydrogen) atoms. The molecule has 0 bridgehead atoms. The van der Waals surface area contributed by atoms with E-state index in [1.807, 2.05) is 0 Å². The summed E-state index contributed by atoms with van der Waals surface area (Å²) in [5.74, 6) is -0.585. The van der Waals surface area contributed by atoms with Crippen molar-refractivity contribution in [3.8, 4) is 0 Å². The van der Waals surface area contributed by atoms with Gasteiger partial charge >= 0.3 is 0 Å². The lowest BCUT2D eigenvalue weighted by molar-refractivity contribution is -0.117. The molecule has 1 aliphatic carbocycles. The molecule has 4 rings (SSSR count). The Hall–Kier alpha value is -3.10. The zero-order chi connectivity index (χ0) is 19.7. The monoisotopic (exact) mass is 389 g/mol. The maximum atomic E-state index is 13.3. The van der Waals surface area contributed by atoms with E-state index in [-0.39, 0.29) is 24.0 Å². The van der Waals surface area contributed by atoms with Crippen LogP contribution in [0.15, 0.2) is 42.7 Å². The highest BCUT2D eigenvalue weighted by Crippen LogP contribution is 2.40. The Labute approximate surface area is 159 Å². The molecule has 1 saturated carbocycles. The first kappa shape index (κ1) is 18.3. The van der Waals surface area contributed by atoms with Crippen LogP contribution in [0.25, 0.3) is 0 Å². The Morgan fingerprint density at radius 3 is 2.82 bits per heavy atom. The molecule has 0 aliphatic heterocycles. The van der Waals surface area contributed by atoms with Crippen molar-refractivity contribution in [2.24, 2.45) is 0 Å². The number of nitrogens with one attached hydrogen (secondary N) is 1. The number of carbonyl (C=O) groups is 1. The molecule has 2 heterocycles. The van der Waals surface area contributed by atoms with E-state index >= 15 is 0 Å². The van der Waals surface area contributed by atoms with Gasteiger partial charge in [0.1, 0.15) is 18.1 Å². The molecule has 1 amide bonds. The van der Waals surface area contributed by atoms with Crippen LogP contribution >= 0.6 is 0 Å². The van der Waals surface area contributed by atoms with E-state index in [4.69, 9.17) is 0 Å². The minimum Gasteiger partial charge on any atom is -0.322 e. The van der Waals surface area contributed by atoms with E-state index in [1.54, 1.807) is 23.0 Å². The standard InChI is InChI=1S/C19H18F3N5O/c20-14-3-1-2-12(6-14)9-26-10-15(8-23-26)24-18(28)11-27-17(19(21)22)7-16(25-27)13-4-5-13/h1-3,6-8,10,13,19H,4-5,9,11H2,(H,24,28). The molecule has 1 fully saturated rings. The molecule has 0 spiro atoms. The molecule has 0 unspecified atom stereocenters. The van der Waals surface area contributed by atoms with Gasteiger partial charge in [-0.15, -0.1) is 0 Å². The lowest BCUT2D eigenvalue weighted by atomic mass is 10.2. The summed E-state index contributed by atoms with van der Waals surface area (Å²) in [6.45, 7) is 0.0362. The second-order valence-electron chi connectivity index (χ2n) is 6.83. The summed E-state index contributed by atoms with van der Waals surface area (Å²) < 4.78 is 42.3. The lowest BCUT2D eigenvalue weighted by Gasteiger charge is -2.06. The van der Waals surface area contributed by atoms with Gasteiger partial charge in [0.15, 0.2) is 0 Å². The van der Waals surface area contributed by atoms with Crippen LogP contribution < -0.4 is 5.32 Å². The molecule has 0 saturated heterocycles. The molecule has 0 radical (unpaired) electrons. The Morgan fingerprint density at radius 2 is 2.11 bits per heavy atom. The average molecular weight is 389 g/mol. The van der Waals surface area contributed by atoms with Crippen LogP contribution in [0, 0.1) is 5.82 Å². The van der Waals surface area contributed by atoms with E-state index in [1.165, 1.54) is 24.4 Å². The summed E-state index contributed by atoms with van der Waals surface area (Å²) in [5, 5.41) is 10.9. The molecular weight excluding hydrogens is 371 g/mol. The van der Waals surface area contributed by atoms with Crippen molar-refractivity contribution in [2.75, 3.05) is 5.32 Å². The molecule has 6 nitrogen and oxygen atoms in total. The highest BCUT2D eigenvalue weighted by atomic mass is 19.3. The molecule has 1 N–H and O–H groups in total. The lowest BCUT2D eigenvalue weighted by Crippen LogP contribution is -2.21. The predicted octanol–water partition coefficient (Wildman–Crippen LogP) is 3.72. The first-order chi connectivity index (χ1) is 13.5. The van der Waals surface area contributed by atoms with Crippen molar-refractivity contribution in [1.29, 1.82) is 0 Å². The van der Waals surface area contributed by atoms with E-state index in [2.05, 4.69) is 15.5 Å². The number of halogens is 3. The molecular formula is C19H18F3N5O. The second kappa shape index (κ2) is 7.49. The van der Waals surface area contributed by atoms with Gasteiger partial charge in [0.25, 0.3) is 6.43 Å². The van der Waals surface area contributed by atoms with Crippen molar-refractivity contribution in [1.82, 2.24) is 19.6 Å². The van der Waals surface area contributed by atoms with E-state index < -0.39 is 12.3 Å². The largest absolute Gasteiger partial charge is 0.322 e. The summed E-state index contributed by atoms with van der Waals surface area (Å²) in [5.41, 5.74) is 1.52. The normalized spacial score (nSPS) is 13.9. The zero-order valence-electron chi connectivity index (χ0n) is 14.9. The van der Waals surface area contributed by atoms with E-state index in [0.717, 1.165) is 23.1 Å². The number of anilines is 1. The van der Waals surface area contributed by atoms with Crippen LogP contribution in [-0.2, 0) is 17.9 Å². The molecule has 1 aliphatic rings. The van der Waals surface area contributed by atoms with Gasteiger partial charge in [-0.25, -0.2) is 13.2 Å². The smallest absolute Gasteiger partial charge is 0.280 e. The number of rotatable bonds is 7. The molecule has 146 valence electrons. The summed E-state index contributed by atoms with van der Waals surface area (Å²) in [4.78, 5) is 12.3. The number of amides is 1. The first-order valence-corrected chi connectivity index (χ1v) is 8.90. The third-order valence-electron chi connectivity index (χ3n) is 4.49. The van der Waals surface area contributed by atoms with E-state index in [0.29, 0.717) is 17.9 Å². The van der Waals surface area contributed by atoms with E-state index in [9.17, 15) is 18.0 Å². The van der Waals surface area contributed by atoms with Crippen molar-refractivity contribution >= 4 is 11.6 Å². The third kappa shape index (κ3) is 4.24. The number of aromatic nitrogens is 4. The van der Waals surface area contributed by atoms with Gasteiger partial charge in [0, 0.05) is 12.1 Å². The van der Waals surface area contributed by atoms with Gasteiger partial charge in [0.2, 0.25) is 5.91 Å². The van der Waals surface area contributed by atoms with Gasteiger partial charge in [-0.2, -0.15) is 10.2 Å². The first-order valence-electron chi connectivity index (χ1n) is 8.90. The Bertz CT molecular complexity index is 993. The molecule has 0 atom stereocenters. The number of nitrogens with zero attached hydrogens (tertiary/aromatic N) is 4. The molecule has 3 aromatic rings. The third-order valence-corrected chi connectivity index (χ3v) is 4.49. The van der Waals surface area contributed by atoms with Crippen molar-refractivity contribution in [2.45, 2.75) is 38.3 Å². The van der Waals surface area contributed by atoms with Gasteiger partial charge in [-0.3, -0.25) is 14.2 Å². The van der Waals surface area contributed by atoms with Crippen LogP contribution in [-0.4, -0.2) is 25.5 Å². The van der Waals surface area contributed by atoms with Crippen molar-refractivity contribution in [3.05, 3.63) is 65.5 Å². The number of benzene rings is 1. The van der Waals surface area contributed by atoms with Gasteiger partial charge in [-0.05, 0) is 36.6 Å². The number of hydrogen-bond acceptors (Lipinski definition) is 3. The van der Waals surface area contributed by atoms with Crippen molar-refractivity contribution < 1.29 is 18.0 Å². The Morgan fingerprint density at radius 1 is 1.29 bits per heavy atom. The average Bonchev–Trinajstić information content (AvgIpc) is 3.26. The highest BCUT2D eigenvalue weighted by molar-refractivity contribution is 5.90. The summed E-state index contributed by atoms with van der Waals surface area (Å²) in [7, 11) is 0. The quantitative estimate of drug-likeness (QED) is 0.670. The van der Waals surface area contributed by atoms with Crippen LogP contribution in [0.4, 0.5) is 18.9 Å². The zero-order valence-corrected chi connectivity index (χ0v) is 14.9. The Balaban J connectivity index is 1.40. The van der Waals surface area contributed by atoms with Crippen LogP contribution in [0.3, 0.4) is 0 Å². The fourth-order valence-corrected chi connectivity index (χ4v) is 3.01. The minimum atomic E-state index is -2.69. The summed E-state index contributed by atoms with van der Waals surface area (Å²) in [6, 6.07) is 7.52. The number of carbonyl (C=O) groups excluding carboxylic acids is 1. The van der Waals surface area contributed by atoms with Gasteiger partial charge < -0.3 is 5.32 Å². The highest BCUT2D eigenvalue weighted by Gasteiger charge is 2.29. The van der Waals surface area contributed by atoms with Crippen LogP contribution in [0.1, 0.15) is 42.1 Å². The van der Waals surface area contributed by atoms with Crippen LogP contribution in [0.5, 0.6) is 0 Å². The Kier molecular flexibility index (Phi) is 4.89. The fraction of sp³-hybridized carbons (Fsp3) is 0.316. The molecule has 2 aromatic heterocycles. The summed E-state index contributed by atoms with van der Waals surface area (Å²) >= 11 is 0. The maximum Gasteiger partial charge on any atom is 0.280 e. The minimum absolute atomic E-state index is 0.225. The second-order valence-corrected chi connectivity index (χ2v) is 6.83. The SMILES string of the molecule is O=C(Cn1nc(C2CC2)cc1C(F)F)Nc1cnn(Cc2cccc(F)c2)c1. The fourth-order valence-electron chi connectivity index (χ4n) is 3.01. The van der Waals surface area contributed by atoms with Crippen LogP contribution in [0.2, 0.25) is 0 Å². The molecule has 1 aromatic carbocycles. The predicted molar refractivity (Wildman–Crippen MR) is 95.5 cm³/mol. The topological polar surface area (TPSA) is 64.7 Å². The summed E-state index contributed by atoms with van der Waals surface area (Å²) in [6.07, 6.45) is 2.23. The van der Waals surface area contributed by atoms with Crippen molar-refractivity contribution in [3.63, 3.8) is 0 Å². The van der Waals surface area contributed by atoms with Gasteiger partial charge in [-0.1, -0.05) is 12.1 Å². The van der Waals surface area contributed by atoms with Gasteiger partial charge in [0.05, 0.1) is 24.1 Å². The number of hydrogen-bond donors (Lipinski definition) is 1. The number of alkyl halides is 2. The molecule has 9 heteroatoms. The maximum absolute atomic E-state index is 13.3.